The Morgan fingerprint density at radius 1 is 0.417 bits per heavy atom. The minimum atomic E-state index is -0.0492. The van der Waals surface area contributed by atoms with Crippen LogP contribution in [0.5, 0.6) is 0 Å². The molecule has 10 aromatic rings. The highest BCUT2D eigenvalue weighted by molar-refractivity contribution is 6.12. The molecule has 0 aliphatic rings. The first-order chi connectivity index (χ1) is 29.0. The molecular formula is C54H44N6. The van der Waals surface area contributed by atoms with E-state index in [0.717, 1.165) is 71.7 Å². The molecule has 10 rings (SSSR count). The van der Waals surface area contributed by atoms with Gasteiger partial charge in [-0.05, 0) is 70.5 Å². The Bertz CT molecular complexity index is 3120. The molecule has 290 valence electrons. The normalized spacial score (nSPS) is 12.2. The summed E-state index contributed by atoms with van der Waals surface area (Å²) in [5, 5.41) is 15.5. The van der Waals surface area contributed by atoms with Gasteiger partial charge in [-0.15, -0.1) is 0 Å². The molecule has 0 atom stereocenters. The van der Waals surface area contributed by atoms with E-state index in [0.29, 0.717) is 23.0 Å². The van der Waals surface area contributed by atoms with Crippen LogP contribution in [0.15, 0.2) is 158 Å². The van der Waals surface area contributed by atoms with E-state index in [1.54, 1.807) is 0 Å². The summed E-state index contributed by atoms with van der Waals surface area (Å²) in [6, 6.07) is 57.4. The van der Waals surface area contributed by atoms with Crippen molar-refractivity contribution in [3.8, 4) is 51.6 Å². The van der Waals surface area contributed by atoms with Crippen molar-refractivity contribution in [2.45, 2.75) is 52.4 Å². The molecule has 3 heterocycles. The van der Waals surface area contributed by atoms with Gasteiger partial charge in [0.05, 0.1) is 50.6 Å². The number of nitriles is 1. The van der Waals surface area contributed by atoms with E-state index >= 15 is 0 Å². The van der Waals surface area contributed by atoms with Gasteiger partial charge >= 0.3 is 0 Å². The number of fused-ring (bicyclic) bond motifs is 6. The standard InChI is InChI=1S/C54H44N6/c1-53(2,3)37-25-27-45-41(31-37)39-21-13-15-23-43(39)59(45)47-29-34(33-55)30-48(60-44-24-16-14-22-40(44)42-32-38(54(4,5)6)26-28-46(42)60)49(47)52-57-50(35-17-9-7-10-18-35)56-51(58-52)36-19-11-8-12-20-36/h7-32H,1-6H3. The number of hydrogen-bond acceptors (Lipinski definition) is 4. The summed E-state index contributed by atoms with van der Waals surface area (Å²) in [6.45, 7) is 13.5. The van der Waals surface area contributed by atoms with Crippen LogP contribution in [0.4, 0.5) is 0 Å². The van der Waals surface area contributed by atoms with Gasteiger partial charge in [0, 0.05) is 32.7 Å². The van der Waals surface area contributed by atoms with Gasteiger partial charge < -0.3 is 9.13 Å². The highest BCUT2D eigenvalue weighted by atomic mass is 15.1. The lowest BCUT2D eigenvalue weighted by Gasteiger charge is -2.21. The second-order valence-corrected chi connectivity index (χ2v) is 17.7. The maximum atomic E-state index is 10.9. The largest absolute Gasteiger partial charge is 0.308 e. The van der Waals surface area contributed by atoms with E-state index in [1.165, 1.54) is 11.1 Å². The van der Waals surface area contributed by atoms with E-state index in [9.17, 15) is 5.26 Å². The highest BCUT2D eigenvalue weighted by Crippen LogP contribution is 2.44. The maximum Gasteiger partial charge on any atom is 0.168 e. The molecule has 7 aromatic carbocycles. The summed E-state index contributed by atoms with van der Waals surface area (Å²) in [6.07, 6.45) is 0. The Labute approximate surface area is 350 Å². The monoisotopic (exact) mass is 776 g/mol. The lowest BCUT2D eigenvalue weighted by atomic mass is 9.86. The van der Waals surface area contributed by atoms with Gasteiger partial charge in [-0.25, -0.2) is 15.0 Å². The number of hydrogen-bond donors (Lipinski definition) is 0. The van der Waals surface area contributed by atoms with Crippen LogP contribution in [0.25, 0.3) is 89.2 Å². The second kappa shape index (κ2) is 13.9. The van der Waals surface area contributed by atoms with Crippen molar-refractivity contribution in [2.24, 2.45) is 0 Å². The lowest BCUT2D eigenvalue weighted by molar-refractivity contribution is 0.591. The molecule has 60 heavy (non-hydrogen) atoms. The fourth-order valence-electron chi connectivity index (χ4n) is 8.58. The number of nitrogens with zero attached hydrogens (tertiary/aromatic N) is 6. The molecule has 0 spiro atoms. The van der Waals surface area contributed by atoms with Crippen LogP contribution >= 0.6 is 0 Å². The third-order valence-electron chi connectivity index (χ3n) is 11.7. The van der Waals surface area contributed by atoms with Crippen molar-refractivity contribution in [3.63, 3.8) is 0 Å². The molecule has 0 saturated heterocycles. The molecule has 0 saturated carbocycles. The Morgan fingerprint density at radius 3 is 1.22 bits per heavy atom. The summed E-state index contributed by atoms with van der Waals surface area (Å²) < 4.78 is 4.60. The van der Waals surface area contributed by atoms with Crippen LogP contribution in [0, 0.1) is 11.3 Å². The summed E-state index contributed by atoms with van der Waals surface area (Å²) >= 11 is 0. The van der Waals surface area contributed by atoms with Crippen molar-refractivity contribution >= 4 is 43.6 Å². The minimum absolute atomic E-state index is 0.0492. The Kier molecular flexibility index (Phi) is 8.55. The van der Waals surface area contributed by atoms with Crippen LogP contribution in [0.2, 0.25) is 0 Å². The molecule has 0 bridgehead atoms. The molecule has 6 heteroatoms. The molecular weight excluding hydrogens is 733 g/mol. The third kappa shape index (κ3) is 6.13. The predicted molar refractivity (Wildman–Crippen MR) is 247 cm³/mol. The van der Waals surface area contributed by atoms with E-state index in [1.807, 2.05) is 72.8 Å². The Hall–Kier alpha value is -7.36. The van der Waals surface area contributed by atoms with E-state index in [2.05, 4.69) is 142 Å². The third-order valence-corrected chi connectivity index (χ3v) is 11.7. The average Bonchev–Trinajstić information content (AvgIpc) is 3.78. The molecule has 0 amide bonds. The lowest BCUT2D eigenvalue weighted by Crippen LogP contribution is -2.11. The van der Waals surface area contributed by atoms with Gasteiger partial charge in [0.25, 0.3) is 0 Å². The summed E-state index contributed by atoms with van der Waals surface area (Å²) in [4.78, 5) is 15.8. The Morgan fingerprint density at radius 2 is 0.800 bits per heavy atom. The summed E-state index contributed by atoms with van der Waals surface area (Å²) in [7, 11) is 0. The minimum Gasteiger partial charge on any atom is -0.308 e. The molecule has 6 nitrogen and oxygen atoms in total. The summed E-state index contributed by atoms with van der Waals surface area (Å²) in [5.74, 6) is 1.64. The summed E-state index contributed by atoms with van der Waals surface area (Å²) in [5.41, 5.74) is 11.2. The maximum absolute atomic E-state index is 10.9. The second-order valence-electron chi connectivity index (χ2n) is 17.7. The van der Waals surface area contributed by atoms with E-state index in [-0.39, 0.29) is 10.8 Å². The van der Waals surface area contributed by atoms with Crippen LogP contribution < -0.4 is 0 Å². The topological polar surface area (TPSA) is 72.3 Å². The molecule has 0 fully saturated rings. The molecule has 3 aromatic heterocycles. The molecule has 0 N–H and O–H groups in total. The van der Waals surface area contributed by atoms with E-state index < -0.39 is 0 Å². The number of benzene rings is 7. The van der Waals surface area contributed by atoms with Gasteiger partial charge in [0.1, 0.15) is 0 Å². The fraction of sp³-hybridized carbons (Fsp3) is 0.148. The van der Waals surface area contributed by atoms with Crippen molar-refractivity contribution in [1.29, 1.82) is 5.26 Å². The van der Waals surface area contributed by atoms with Gasteiger partial charge in [0.15, 0.2) is 17.5 Å². The predicted octanol–water partition coefficient (Wildman–Crippen LogP) is 13.5. The first-order valence-electron chi connectivity index (χ1n) is 20.5. The zero-order valence-electron chi connectivity index (χ0n) is 34.7. The number of para-hydroxylation sites is 2. The first-order valence-corrected chi connectivity index (χ1v) is 20.5. The molecule has 0 aliphatic carbocycles. The fourth-order valence-corrected chi connectivity index (χ4v) is 8.58. The van der Waals surface area contributed by atoms with Crippen LogP contribution in [-0.2, 0) is 10.8 Å². The van der Waals surface area contributed by atoms with Crippen molar-refractivity contribution < 1.29 is 0 Å². The molecule has 0 unspecified atom stereocenters. The van der Waals surface area contributed by atoms with Crippen molar-refractivity contribution in [2.75, 3.05) is 0 Å². The highest BCUT2D eigenvalue weighted by Gasteiger charge is 2.27. The zero-order chi connectivity index (χ0) is 41.3. The average molecular weight is 777 g/mol. The smallest absolute Gasteiger partial charge is 0.168 e. The van der Waals surface area contributed by atoms with Gasteiger partial charge in [-0.1, -0.05) is 151 Å². The van der Waals surface area contributed by atoms with Crippen LogP contribution in [0.1, 0.15) is 58.2 Å². The van der Waals surface area contributed by atoms with Gasteiger partial charge in [-0.3, -0.25) is 0 Å². The Balaban J connectivity index is 1.40. The number of rotatable bonds is 5. The molecule has 0 radical (unpaired) electrons. The SMILES string of the molecule is CC(C)(C)c1ccc2c(c1)c1ccccc1n2-c1cc(C#N)cc(-n2c3ccccc3c3cc(C(C)(C)C)ccc32)c1-c1nc(-c2ccccc2)nc(-c2ccccc2)n1. The van der Waals surface area contributed by atoms with Crippen molar-refractivity contribution in [3.05, 3.63) is 174 Å². The van der Waals surface area contributed by atoms with Crippen LogP contribution in [0.3, 0.4) is 0 Å². The van der Waals surface area contributed by atoms with Crippen molar-refractivity contribution in [1.82, 2.24) is 24.1 Å². The molecule has 0 aliphatic heterocycles. The number of aromatic nitrogens is 5. The zero-order valence-corrected chi connectivity index (χ0v) is 34.7. The van der Waals surface area contributed by atoms with E-state index in [4.69, 9.17) is 15.0 Å². The van der Waals surface area contributed by atoms with Gasteiger partial charge in [-0.2, -0.15) is 5.26 Å². The van der Waals surface area contributed by atoms with Crippen LogP contribution in [-0.4, -0.2) is 24.1 Å². The first kappa shape index (κ1) is 36.9. The van der Waals surface area contributed by atoms with Gasteiger partial charge in [0.2, 0.25) is 0 Å². The quantitative estimate of drug-likeness (QED) is 0.174.